The Morgan fingerprint density at radius 2 is 1.64 bits per heavy atom. The molecule has 11 heteroatoms. The average Bonchev–Trinajstić information content (AvgIpc) is 3.31. The molecular formula is C28H34ClF2N5O3. The summed E-state index contributed by atoms with van der Waals surface area (Å²) < 4.78 is 27.3. The van der Waals surface area contributed by atoms with Gasteiger partial charge in [0.05, 0.1) is 16.6 Å². The zero-order valence-electron chi connectivity index (χ0n) is 21.9. The normalized spacial score (nSPS) is 22.5. The van der Waals surface area contributed by atoms with E-state index in [1.807, 2.05) is 6.07 Å². The summed E-state index contributed by atoms with van der Waals surface area (Å²) >= 11 is 6.44. The second kappa shape index (κ2) is 11.0. The van der Waals surface area contributed by atoms with Crippen molar-refractivity contribution in [3.8, 4) is 0 Å². The van der Waals surface area contributed by atoms with E-state index in [2.05, 4.69) is 10.2 Å². The Balaban J connectivity index is 1.09. The van der Waals surface area contributed by atoms with Gasteiger partial charge in [-0.25, -0.2) is 8.78 Å². The molecule has 5 rings (SSSR count). The lowest BCUT2D eigenvalue weighted by molar-refractivity contribution is -0.152. The van der Waals surface area contributed by atoms with E-state index in [1.54, 1.807) is 21.9 Å². The van der Waals surface area contributed by atoms with Crippen molar-refractivity contribution in [2.45, 2.75) is 49.9 Å². The molecule has 39 heavy (non-hydrogen) atoms. The van der Waals surface area contributed by atoms with E-state index in [0.29, 0.717) is 48.9 Å². The van der Waals surface area contributed by atoms with Crippen LogP contribution in [0.1, 0.15) is 42.1 Å². The molecule has 0 spiro atoms. The highest BCUT2D eigenvalue weighted by molar-refractivity contribution is 6.34. The zero-order chi connectivity index (χ0) is 27.9. The largest absolute Gasteiger partial charge is 0.380 e. The van der Waals surface area contributed by atoms with Crippen LogP contribution in [-0.2, 0) is 10.4 Å². The molecule has 3 fully saturated rings. The molecule has 3 aliphatic rings. The number of carbonyl (C=O) groups is 2. The van der Waals surface area contributed by atoms with Gasteiger partial charge in [-0.15, -0.1) is 0 Å². The second-order valence-corrected chi connectivity index (χ2v) is 11.5. The van der Waals surface area contributed by atoms with Crippen molar-refractivity contribution >= 4 is 29.1 Å². The molecule has 0 radical (unpaired) electrons. The fourth-order valence-corrected chi connectivity index (χ4v) is 6.02. The van der Waals surface area contributed by atoms with Gasteiger partial charge in [-0.05, 0) is 62.1 Å². The first-order valence-corrected chi connectivity index (χ1v) is 13.7. The minimum absolute atomic E-state index is 0.0176. The van der Waals surface area contributed by atoms with Crippen LogP contribution in [0.4, 0.5) is 14.5 Å². The molecule has 3 aliphatic heterocycles. The third kappa shape index (κ3) is 5.89. The van der Waals surface area contributed by atoms with Crippen LogP contribution >= 0.6 is 11.6 Å². The number of hydrogen-bond donors (Lipinski definition) is 3. The monoisotopic (exact) mass is 561 g/mol. The molecule has 3 saturated heterocycles. The molecule has 2 atom stereocenters. The molecule has 3 heterocycles. The molecule has 0 bridgehead atoms. The van der Waals surface area contributed by atoms with Gasteiger partial charge in [0.25, 0.3) is 11.8 Å². The first-order valence-electron chi connectivity index (χ1n) is 13.3. The summed E-state index contributed by atoms with van der Waals surface area (Å²) in [6.45, 7) is 5.06. The van der Waals surface area contributed by atoms with Crippen molar-refractivity contribution in [1.82, 2.24) is 14.7 Å². The number of hydrogen-bond acceptors (Lipinski definition) is 6. The maximum absolute atomic E-state index is 13.6. The van der Waals surface area contributed by atoms with E-state index in [-0.39, 0.29) is 23.6 Å². The number of benzene rings is 2. The standard InChI is InChI=1S/C28H34ClF2N5O3/c1-28(39,17-10-18(30)12-19(31)11-17)27(38)34-8-5-23(6-9-34)36-15-22(16-36)33-21-2-3-24(25(29)13-21)26(37)35-7-4-20(32)14-35/h2-3,10-13,20,22-23,33,39H,4-9,14-16,32H2,1H3/t20?,28-/m0/s1. The van der Waals surface area contributed by atoms with Gasteiger partial charge in [0.15, 0.2) is 5.60 Å². The molecule has 210 valence electrons. The molecule has 1 unspecified atom stereocenters. The number of halogens is 3. The number of aliphatic hydroxyl groups is 1. The number of likely N-dealkylation sites (tertiary alicyclic amines) is 3. The van der Waals surface area contributed by atoms with E-state index < -0.39 is 23.1 Å². The first kappa shape index (κ1) is 27.8. The van der Waals surface area contributed by atoms with Crippen LogP contribution in [0.15, 0.2) is 36.4 Å². The Labute approximate surface area is 231 Å². The van der Waals surface area contributed by atoms with Crippen molar-refractivity contribution < 1.29 is 23.5 Å². The first-order chi connectivity index (χ1) is 18.5. The van der Waals surface area contributed by atoms with Crippen LogP contribution in [0, 0.1) is 11.6 Å². The smallest absolute Gasteiger partial charge is 0.258 e. The van der Waals surface area contributed by atoms with Crippen molar-refractivity contribution in [3.05, 3.63) is 64.2 Å². The Hall–Kier alpha value is -2.79. The quantitative estimate of drug-likeness (QED) is 0.501. The molecule has 2 aromatic carbocycles. The van der Waals surface area contributed by atoms with E-state index in [9.17, 15) is 23.5 Å². The Bertz CT molecular complexity index is 1230. The fraction of sp³-hybridized carbons (Fsp3) is 0.500. The van der Waals surface area contributed by atoms with Crippen LogP contribution < -0.4 is 11.1 Å². The number of amides is 2. The minimum Gasteiger partial charge on any atom is -0.380 e. The zero-order valence-corrected chi connectivity index (χ0v) is 22.6. The Morgan fingerprint density at radius 1 is 1.00 bits per heavy atom. The van der Waals surface area contributed by atoms with Crippen LogP contribution in [0.2, 0.25) is 5.02 Å². The summed E-state index contributed by atoms with van der Waals surface area (Å²) in [6.07, 6.45) is 2.29. The van der Waals surface area contributed by atoms with Crippen LogP contribution in [0.25, 0.3) is 0 Å². The number of carbonyl (C=O) groups excluding carboxylic acids is 2. The number of piperidine rings is 1. The maximum Gasteiger partial charge on any atom is 0.258 e. The molecule has 0 saturated carbocycles. The number of nitrogens with two attached hydrogens (primary N) is 1. The molecule has 2 aromatic rings. The highest BCUT2D eigenvalue weighted by Gasteiger charge is 2.40. The van der Waals surface area contributed by atoms with Gasteiger partial charge < -0.3 is 26.0 Å². The summed E-state index contributed by atoms with van der Waals surface area (Å²) in [5.74, 6) is -2.32. The molecule has 8 nitrogen and oxygen atoms in total. The lowest BCUT2D eigenvalue weighted by Gasteiger charge is -2.48. The SMILES string of the molecule is C[C@@](O)(C(=O)N1CCC(N2CC(Nc3ccc(C(=O)N4CCC(N)C4)c(Cl)c3)C2)CC1)c1cc(F)cc(F)c1. The average molecular weight is 562 g/mol. The lowest BCUT2D eigenvalue weighted by atomic mass is 9.91. The van der Waals surface area contributed by atoms with Gasteiger partial charge in [0.2, 0.25) is 0 Å². The highest BCUT2D eigenvalue weighted by Crippen LogP contribution is 2.30. The van der Waals surface area contributed by atoms with Gasteiger partial charge >= 0.3 is 0 Å². The van der Waals surface area contributed by atoms with E-state index in [4.69, 9.17) is 17.3 Å². The molecule has 4 N–H and O–H groups in total. The summed E-state index contributed by atoms with van der Waals surface area (Å²) in [5.41, 5.74) is 5.15. The third-order valence-electron chi connectivity index (χ3n) is 8.10. The van der Waals surface area contributed by atoms with E-state index >= 15 is 0 Å². The van der Waals surface area contributed by atoms with Crippen LogP contribution in [0.3, 0.4) is 0 Å². The van der Waals surface area contributed by atoms with Crippen molar-refractivity contribution in [2.24, 2.45) is 5.73 Å². The second-order valence-electron chi connectivity index (χ2n) is 11.0. The van der Waals surface area contributed by atoms with Gasteiger partial charge in [0.1, 0.15) is 11.6 Å². The highest BCUT2D eigenvalue weighted by atomic mass is 35.5. The van der Waals surface area contributed by atoms with Gasteiger partial charge in [0, 0.05) is 63.1 Å². The summed E-state index contributed by atoms with van der Waals surface area (Å²) in [7, 11) is 0. The number of nitrogens with zero attached hydrogens (tertiary/aromatic N) is 3. The van der Waals surface area contributed by atoms with Gasteiger partial charge in [-0.3, -0.25) is 14.5 Å². The predicted molar refractivity (Wildman–Crippen MR) is 144 cm³/mol. The van der Waals surface area contributed by atoms with Gasteiger partial charge in [-0.1, -0.05) is 11.6 Å². The van der Waals surface area contributed by atoms with Crippen molar-refractivity contribution in [2.75, 3.05) is 44.6 Å². The number of rotatable bonds is 6. The minimum atomic E-state index is -2.01. The number of anilines is 1. The molecule has 0 aromatic heterocycles. The Kier molecular flexibility index (Phi) is 7.83. The lowest BCUT2D eigenvalue weighted by Crippen LogP contribution is -2.61. The summed E-state index contributed by atoms with van der Waals surface area (Å²) in [6, 6.07) is 8.66. The van der Waals surface area contributed by atoms with Crippen LogP contribution in [0.5, 0.6) is 0 Å². The van der Waals surface area contributed by atoms with E-state index in [1.165, 1.54) is 6.92 Å². The molecule has 2 amide bonds. The topological polar surface area (TPSA) is 102 Å². The molecule has 0 aliphatic carbocycles. The van der Waals surface area contributed by atoms with Crippen LogP contribution in [-0.4, -0.2) is 89.0 Å². The predicted octanol–water partition coefficient (Wildman–Crippen LogP) is 2.79. The van der Waals surface area contributed by atoms with E-state index in [0.717, 1.165) is 50.2 Å². The fourth-order valence-electron chi connectivity index (χ4n) is 5.76. The van der Waals surface area contributed by atoms with Crippen molar-refractivity contribution in [3.63, 3.8) is 0 Å². The third-order valence-corrected chi connectivity index (χ3v) is 8.41. The number of nitrogens with one attached hydrogen (secondary N) is 1. The summed E-state index contributed by atoms with van der Waals surface area (Å²) in [5, 5.41) is 14.7. The maximum atomic E-state index is 13.6. The Morgan fingerprint density at radius 3 is 2.23 bits per heavy atom. The summed E-state index contributed by atoms with van der Waals surface area (Å²) in [4.78, 5) is 31.4. The van der Waals surface area contributed by atoms with Gasteiger partial charge in [-0.2, -0.15) is 0 Å². The molecular weight excluding hydrogens is 528 g/mol. The van der Waals surface area contributed by atoms with Crippen molar-refractivity contribution in [1.29, 1.82) is 0 Å².